The van der Waals surface area contributed by atoms with Crippen LogP contribution >= 0.6 is 11.8 Å². The molecule has 1 aromatic carbocycles. The number of methoxy groups -OCH3 is 1. The number of hydrogen-bond acceptors (Lipinski definition) is 9. The molecule has 4 N–H and O–H groups in total. The number of carbonyl (C=O) groups excluding carboxylic acids is 2. The maximum Gasteiger partial charge on any atom is 0.275 e. The summed E-state index contributed by atoms with van der Waals surface area (Å²) in [6, 6.07) is 4.40. The molecular formula is C25H31FN6O4S. The van der Waals surface area contributed by atoms with Gasteiger partial charge in [0.1, 0.15) is 22.4 Å². The minimum absolute atomic E-state index is 0.0597. The van der Waals surface area contributed by atoms with Crippen molar-refractivity contribution in [3.63, 3.8) is 0 Å². The van der Waals surface area contributed by atoms with Gasteiger partial charge in [0, 0.05) is 30.8 Å². The van der Waals surface area contributed by atoms with Crippen LogP contribution in [0.4, 0.5) is 10.1 Å². The van der Waals surface area contributed by atoms with E-state index in [0.29, 0.717) is 12.3 Å². The summed E-state index contributed by atoms with van der Waals surface area (Å²) in [5.74, 6) is -0.919. The van der Waals surface area contributed by atoms with Gasteiger partial charge in [-0.1, -0.05) is 11.8 Å². The smallest absolute Gasteiger partial charge is 0.275 e. The number of hydrogen-bond donors (Lipinski definition) is 3. The van der Waals surface area contributed by atoms with E-state index in [1.807, 2.05) is 6.92 Å². The van der Waals surface area contributed by atoms with Crippen molar-refractivity contribution in [3.8, 4) is 5.88 Å². The third kappa shape index (κ3) is 6.37. The highest BCUT2D eigenvalue weighted by atomic mass is 32.2. The molecule has 198 valence electrons. The standard InChI is InChI=1S/C25H31FN6O4S/c1-14(12-35-4)36-20-11-28-19(10-29-20)21(33)30-16-7-8-18(26)17(9-16)24(2)13-25(3,37-23(27)32-24)22(34)31-15-5-6-15/h7-11,14-15H,5-6,12-13H2,1-4H3,(H2,27,32)(H,30,33)(H,31,34)/t14-,24-,25+/m0/s1. The Morgan fingerprint density at radius 1 is 1.27 bits per heavy atom. The Kier molecular flexibility index (Phi) is 7.69. The van der Waals surface area contributed by atoms with Gasteiger partial charge in [-0.05, 0) is 51.8 Å². The van der Waals surface area contributed by atoms with Crippen LogP contribution in [0.2, 0.25) is 0 Å². The highest BCUT2D eigenvalue weighted by molar-refractivity contribution is 8.15. The van der Waals surface area contributed by atoms with Crippen LogP contribution in [-0.2, 0) is 15.1 Å². The van der Waals surface area contributed by atoms with Crippen molar-refractivity contribution < 1.29 is 23.5 Å². The van der Waals surface area contributed by atoms with Crippen LogP contribution in [0.1, 0.15) is 56.1 Å². The van der Waals surface area contributed by atoms with Gasteiger partial charge >= 0.3 is 0 Å². The first-order chi connectivity index (χ1) is 17.5. The predicted molar refractivity (Wildman–Crippen MR) is 139 cm³/mol. The minimum atomic E-state index is -1.12. The first-order valence-electron chi connectivity index (χ1n) is 12.0. The number of halogens is 1. The first kappa shape index (κ1) is 26.8. The third-order valence-corrected chi connectivity index (χ3v) is 7.23. The predicted octanol–water partition coefficient (Wildman–Crippen LogP) is 2.99. The topological polar surface area (TPSA) is 141 Å². The molecule has 2 amide bonds. The summed E-state index contributed by atoms with van der Waals surface area (Å²) in [6.07, 6.45) is 4.56. The average molecular weight is 531 g/mol. The monoisotopic (exact) mass is 530 g/mol. The molecule has 2 heterocycles. The van der Waals surface area contributed by atoms with Crippen molar-refractivity contribution in [2.75, 3.05) is 19.0 Å². The number of nitrogens with one attached hydrogen (secondary N) is 2. The lowest BCUT2D eigenvalue weighted by Gasteiger charge is -2.40. The Labute approximate surface area is 219 Å². The summed E-state index contributed by atoms with van der Waals surface area (Å²) in [5, 5.41) is 5.94. The second-order valence-electron chi connectivity index (χ2n) is 9.75. The maximum atomic E-state index is 15.1. The molecule has 37 heavy (non-hydrogen) atoms. The van der Waals surface area contributed by atoms with E-state index in [0.717, 1.165) is 12.8 Å². The van der Waals surface area contributed by atoms with Gasteiger partial charge in [0.2, 0.25) is 11.8 Å². The summed E-state index contributed by atoms with van der Waals surface area (Å²) in [4.78, 5) is 38.5. The molecule has 2 aromatic rings. The molecule has 10 nitrogen and oxygen atoms in total. The second kappa shape index (κ2) is 10.6. The van der Waals surface area contributed by atoms with Gasteiger partial charge in [-0.3, -0.25) is 14.6 Å². The number of amides is 2. The van der Waals surface area contributed by atoms with E-state index in [-0.39, 0.29) is 46.8 Å². The van der Waals surface area contributed by atoms with Crippen molar-refractivity contribution >= 4 is 34.4 Å². The average Bonchev–Trinajstić information content (AvgIpc) is 3.64. The van der Waals surface area contributed by atoms with Crippen molar-refractivity contribution in [1.82, 2.24) is 15.3 Å². The van der Waals surface area contributed by atoms with Crippen LogP contribution in [0.5, 0.6) is 5.88 Å². The van der Waals surface area contributed by atoms with Crippen molar-refractivity contribution in [1.29, 1.82) is 0 Å². The van der Waals surface area contributed by atoms with E-state index in [1.54, 1.807) is 21.0 Å². The fourth-order valence-corrected chi connectivity index (χ4v) is 5.47. The normalized spacial score (nSPS) is 24.1. The number of anilines is 1. The first-order valence-corrected chi connectivity index (χ1v) is 12.8. The van der Waals surface area contributed by atoms with Gasteiger partial charge in [-0.15, -0.1) is 0 Å². The van der Waals surface area contributed by atoms with E-state index in [2.05, 4.69) is 25.6 Å². The fourth-order valence-electron chi connectivity index (χ4n) is 4.26. The maximum absolute atomic E-state index is 15.1. The minimum Gasteiger partial charge on any atom is -0.471 e. The molecule has 2 aliphatic rings. The molecular weight excluding hydrogens is 499 g/mol. The van der Waals surface area contributed by atoms with Crippen molar-refractivity contribution in [2.24, 2.45) is 10.7 Å². The Hall–Kier alpha value is -3.25. The summed E-state index contributed by atoms with van der Waals surface area (Å²) in [7, 11) is 1.57. The Morgan fingerprint density at radius 3 is 2.68 bits per heavy atom. The highest BCUT2D eigenvalue weighted by Gasteiger charge is 2.48. The van der Waals surface area contributed by atoms with Crippen LogP contribution in [-0.4, -0.2) is 57.6 Å². The number of nitrogens with two attached hydrogens (primary N) is 1. The lowest BCUT2D eigenvalue weighted by Crippen LogP contribution is -2.50. The van der Waals surface area contributed by atoms with E-state index in [1.165, 1.54) is 42.4 Å². The number of aromatic nitrogens is 2. The van der Waals surface area contributed by atoms with Crippen LogP contribution in [0.3, 0.4) is 0 Å². The van der Waals surface area contributed by atoms with Crippen LogP contribution in [0.15, 0.2) is 35.6 Å². The van der Waals surface area contributed by atoms with Gasteiger partial charge in [-0.2, -0.15) is 0 Å². The van der Waals surface area contributed by atoms with Crippen molar-refractivity contribution in [3.05, 3.63) is 47.7 Å². The third-order valence-electron chi connectivity index (χ3n) is 6.15. The van der Waals surface area contributed by atoms with Gasteiger partial charge in [-0.25, -0.2) is 14.4 Å². The molecule has 1 fully saturated rings. The summed E-state index contributed by atoms with van der Waals surface area (Å²) in [6.45, 7) is 5.74. The zero-order valence-electron chi connectivity index (χ0n) is 21.2. The Balaban J connectivity index is 1.51. The van der Waals surface area contributed by atoms with E-state index >= 15 is 4.39 Å². The van der Waals surface area contributed by atoms with Gasteiger partial charge in [0.15, 0.2) is 5.17 Å². The molecule has 0 radical (unpaired) electrons. The van der Waals surface area contributed by atoms with E-state index in [4.69, 9.17) is 15.2 Å². The lowest BCUT2D eigenvalue weighted by molar-refractivity contribution is -0.123. The summed E-state index contributed by atoms with van der Waals surface area (Å²) in [5.41, 5.74) is 5.63. The second-order valence-corrected chi connectivity index (χ2v) is 11.3. The number of benzene rings is 1. The summed E-state index contributed by atoms with van der Waals surface area (Å²) < 4.78 is 24.7. The number of amidine groups is 1. The number of rotatable bonds is 9. The van der Waals surface area contributed by atoms with Gasteiger partial charge < -0.3 is 25.8 Å². The number of thioether (sulfide) groups is 1. The molecule has 0 spiro atoms. The SMILES string of the molecule is COC[C@H](C)Oc1cnc(C(=O)Nc2ccc(F)c([C@]3(C)C[C@](C)(C(=O)NC4CC4)SC(N)=N3)c2)cn1. The number of nitrogens with zero attached hydrogens (tertiary/aromatic N) is 3. The van der Waals surface area contributed by atoms with E-state index in [9.17, 15) is 9.59 Å². The van der Waals surface area contributed by atoms with Crippen LogP contribution in [0.25, 0.3) is 0 Å². The molecule has 0 bridgehead atoms. The quantitative estimate of drug-likeness (QED) is 0.449. The van der Waals surface area contributed by atoms with Crippen LogP contribution in [0, 0.1) is 5.82 Å². The van der Waals surface area contributed by atoms with Crippen molar-refractivity contribution in [2.45, 2.75) is 62.5 Å². The Morgan fingerprint density at radius 2 is 2.03 bits per heavy atom. The largest absolute Gasteiger partial charge is 0.471 e. The molecule has 12 heteroatoms. The summed E-state index contributed by atoms with van der Waals surface area (Å²) >= 11 is 1.18. The molecule has 0 saturated heterocycles. The lowest BCUT2D eigenvalue weighted by atomic mass is 9.82. The van der Waals surface area contributed by atoms with E-state index < -0.39 is 22.0 Å². The fraction of sp³-hybridized carbons (Fsp3) is 0.480. The molecule has 3 atom stereocenters. The zero-order chi connectivity index (χ0) is 26.8. The Bertz CT molecular complexity index is 1210. The zero-order valence-corrected chi connectivity index (χ0v) is 22.0. The molecule has 1 aromatic heterocycles. The molecule has 1 aliphatic heterocycles. The number of ether oxygens (including phenoxy) is 2. The highest BCUT2D eigenvalue weighted by Crippen LogP contribution is 2.46. The van der Waals surface area contributed by atoms with Gasteiger partial charge in [0.25, 0.3) is 5.91 Å². The molecule has 4 rings (SSSR count). The molecule has 1 aliphatic carbocycles. The number of aliphatic imine (C=N–C) groups is 1. The molecule has 1 saturated carbocycles. The molecule has 0 unspecified atom stereocenters. The number of carbonyl (C=O) groups is 2. The van der Waals surface area contributed by atoms with Crippen LogP contribution < -0.4 is 21.1 Å². The van der Waals surface area contributed by atoms with Gasteiger partial charge in [0.05, 0.1) is 24.5 Å².